The highest BCUT2D eigenvalue weighted by Gasteiger charge is 2.13. The topological polar surface area (TPSA) is 50.7 Å². The van der Waals surface area contributed by atoms with Crippen LogP contribution in [0.25, 0.3) is 10.8 Å². The summed E-state index contributed by atoms with van der Waals surface area (Å²) in [5.74, 6) is 1.63. The van der Waals surface area contributed by atoms with Gasteiger partial charge in [-0.3, -0.25) is 0 Å². The lowest BCUT2D eigenvalue weighted by atomic mass is 10.3. The van der Waals surface area contributed by atoms with Gasteiger partial charge in [-0.1, -0.05) is 6.92 Å². The van der Waals surface area contributed by atoms with Crippen LogP contribution in [0.5, 0.6) is 0 Å². The van der Waals surface area contributed by atoms with E-state index in [4.69, 9.17) is 0 Å². The first-order valence-electron chi connectivity index (χ1n) is 5.88. The van der Waals surface area contributed by atoms with Crippen molar-refractivity contribution < 1.29 is 0 Å². The Morgan fingerprint density at radius 3 is 2.61 bits per heavy atom. The van der Waals surface area contributed by atoms with Gasteiger partial charge in [0, 0.05) is 17.6 Å². The zero-order valence-electron chi connectivity index (χ0n) is 10.6. The second-order valence-corrected chi connectivity index (χ2v) is 5.77. The van der Waals surface area contributed by atoms with Crippen molar-refractivity contribution in [2.24, 2.45) is 0 Å². The van der Waals surface area contributed by atoms with E-state index in [1.165, 1.54) is 0 Å². The maximum Gasteiger partial charge on any atom is 0.191 e. The average Bonchev–Trinajstić information content (AvgIpc) is 2.79. The molecule has 2 aromatic heterocycles. The fraction of sp³-hybridized carbons (Fsp3) is 0.417. The molecule has 0 spiro atoms. The second-order valence-electron chi connectivity index (χ2n) is 3.83. The number of halogens is 1. The molecule has 0 aliphatic heterocycles. The van der Waals surface area contributed by atoms with Crippen LogP contribution < -0.4 is 5.32 Å². The molecule has 4 nitrogen and oxygen atoms in total. The zero-order chi connectivity index (χ0) is 13.1. The van der Waals surface area contributed by atoms with Gasteiger partial charge in [0.2, 0.25) is 0 Å². The molecular weight excluding hydrogens is 359 g/mol. The van der Waals surface area contributed by atoms with Crippen molar-refractivity contribution in [3.05, 3.63) is 20.3 Å². The van der Waals surface area contributed by atoms with Crippen LogP contribution in [0.3, 0.4) is 0 Å². The van der Waals surface area contributed by atoms with Crippen LogP contribution in [0.1, 0.15) is 25.2 Å². The highest BCUT2D eigenvalue weighted by molar-refractivity contribution is 14.1. The summed E-state index contributed by atoms with van der Waals surface area (Å²) in [7, 11) is 0. The Bertz CT molecular complexity index is 553. The molecule has 0 aromatic carbocycles. The largest absolute Gasteiger partial charge is 0.369 e. The van der Waals surface area contributed by atoms with Crippen LogP contribution in [0, 0.1) is 10.5 Å². The number of aromatic nitrogens is 3. The third kappa shape index (κ3) is 2.80. The van der Waals surface area contributed by atoms with Crippen LogP contribution in [-0.4, -0.2) is 21.5 Å². The van der Waals surface area contributed by atoms with Crippen LogP contribution in [0.2, 0.25) is 0 Å². The Labute approximate surface area is 124 Å². The maximum absolute atomic E-state index is 4.61. The number of aryl methyl sites for hydroxylation is 2. The molecule has 2 rings (SSSR count). The van der Waals surface area contributed by atoms with E-state index < -0.39 is 0 Å². The van der Waals surface area contributed by atoms with Crippen molar-refractivity contribution in [2.75, 3.05) is 11.9 Å². The first kappa shape index (κ1) is 13.7. The molecule has 6 heteroatoms. The van der Waals surface area contributed by atoms with Gasteiger partial charge in [0.15, 0.2) is 10.8 Å². The van der Waals surface area contributed by atoms with Gasteiger partial charge in [0.1, 0.15) is 5.82 Å². The zero-order valence-corrected chi connectivity index (χ0v) is 13.6. The quantitative estimate of drug-likeness (QED) is 0.833. The van der Waals surface area contributed by atoms with Gasteiger partial charge in [0.25, 0.3) is 0 Å². The average molecular weight is 374 g/mol. The lowest BCUT2D eigenvalue weighted by molar-refractivity contribution is 0.979. The molecule has 0 amide bonds. The third-order valence-electron chi connectivity index (χ3n) is 2.41. The number of thiazole rings is 1. The van der Waals surface area contributed by atoms with Gasteiger partial charge in [-0.05, 0) is 42.9 Å². The third-order valence-corrected chi connectivity index (χ3v) is 4.50. The lowest BCUT2D eigenvalue weighted by Gasteiger charge is -2.10. The molecule has 0 fully saturated rings. The Morgan fingerprint density at radius 2 is 2.06 bits per heavy atom. The van der Waals surface area contributed by atoms with Crippen molar-refractivity contribution >= 4 is 39.7 Å². The summed E-state index contributed by atoms with van der Waals surface area (Å²) in [6, 6.07) is 0. The first-order chi connectivity index (χ1) is 8.65. The van der Waals surface area contributed by atoms with Gasteiger partial charge in [-0.2, -0.15) is 0 Å². The predicted octanol–water partition coefficient (Wildman–Crippen LogP) is 3.51. The molecule has 2 heterocycles. The predicted molar refractivity (Wildman–Crippen MR) is 84.1 cm³/mol. The number of hydrogen-bond acceptors (Lipinski definition) is 5. The van der Waals surface area contributed by atoms with Crippen LogP contribution in [0.4, 0.5) is 5.82 Å². The van der Waals surface area contributed by atoms with Crippen molar-refractivity contribution in [1.29, 1.82) is 0 Å². The number of anilines is 1. The van der Waals surface area contributed by atoms with Crippen molar-refractivity contribution in [1.82, 2.24) is 15.0 Å². The molecule has 0 unspecified atom stereocenters. The van der Waals surface area contributed by atoms with Crippen LogP contribution in [-0.2, 0) is 6.42 Å². The maximum atomic E-state index is 4.61. The van der Waals surface area contributed by atoms with Gasteiger partial charge in [-0.25, -0.2) is 15.0 Å². The summed E-state index contributed by atoms with van der Waals surface area (Å²) in [5.41, 5.74) is 2.09. The summed E-state index contributed by atoms with van der Waals surface area (Å²) in [5, 5.41) is 6.20. The molecule has 0 atom stereocenters. The van der Waals surface area contributed by atoms with E-state index >= 15 is 0 Å². The highest BCUT2D eigenvalue weighted by Crippen LogP contribution is 2.26. The van der Waals surface area contributed by atoms with Gasteiger partial charge >= 0.3 is 0 Å². The van der Waals surface area contributed by atoms with E-state index in [0.29, 0.717) is 0 Å². The molecule has 0 aliphatic carbocycles. The number of nitrogens with zero attached hydrogens (tertiary/aromatic N) is 3. The number of hydrogen-bond donors (Lipinski definition) is 1. The molecule has 0 saturated carbocycles. The number of rotatable bonds is 4. The fourth-order valence-corrected chi connectivity index (χ4v) is 3.11. The van der Waals surface area contributed by atoms with Crippen LogP contribution in [0.15, 0.2) is 5.38 Å². The van der Waals surface area contributed by atoms with E-state index in [1.807, 2.05) is 12.3 Å². The fourth-order valence-electron chi connectivity index (χ4n) is 1.56. The summed E-state index contributed by atoms with van der Waals surface area (Å²) in [4.78, 5) is 13.6. The Balaban J connectivity index is 2.51. The minimum absolute atomic E-state index is 0.723. The van der Waals surface area contributed by atoms with Crippen molar-refractivity contribution in [2.45, 2.75) is 27.2 Å². The van der Waals surface area contributed by atoms with E-state index in [2.05, 4.69) is 56.7 Å². The molecule has 0 saturated heterocycles. The van der Waals surface area contributed by atoms with Gasteiger partial charge < -0.3 is 5.32 Å². The smallest absolute Gasteiger partial charge is 0.191 e. The minimum atomic E-state index is 0.723. The molecule has 0 aliphatic rings. The second kappa shape index (κ2) is 5.92. The van der Waals surface area contributed by atoms with E-state index in [9.17, 15) is 0 Å². The standard InChI is InChI=1S/C12H15IN4S/c1-4-8-9(13)10(14-5-2)17-11(16-8)12-15-7(3)6-18-12/h6H,4-5H2,1-3H3,(H,14,16,17). The highest BCUT2D eigenvalue weighted by atomic mass is 127. The number of nitrogens with one attached hydrogen (secondary N) is 1. The lowest BCUT2D eigenvalue weighted by Crippen LogP contribution is -2.07. The molecule has 1 N–H and O–H groups in total. The Morgan fingerprint density at radius 1 is 1.28 bits per heavy atom. The summed E-state index contributed by atoms with van der Waals surface area (Å²) < 4.78 is 1.11. The SMILES string of the molecule is CCNc1nc(-c2nc(C)cs2)nc(CC)c1I. The van der Waals surface area contributed by atoms with E-state index in [1.54, 1.807) is 11.3 Å². The van der Waals surface area contributed by atoms with Crippen LogP contribution >= 0.6 is 33.9 Å². The van der Waals surface area contributed by atoms with Gasteiger partial charge in [0.05, 0.1) is 9.26 Å². The Hall–Kier alpha value is -0.760. The van der Waals surface area contributed by atoms with Gasteiger partial charge in [-0.15, -0.1) is 11.3 Å². The summed E-state index contributed by atoms with van der Waals surface area (Å²) in [6.45, 7) is 7.01. The van der Waals surface area contributed by atoms with E-state index in [-0.39, 0.29) is 0 Å². The molecule has 2 aromatic rings. The normalized spacial score (nSPS) is 10.7. The molecular formula is C12H15IN4S. The summed E-state index contributed by atoms with van der Waals surface area (Å²) in [6.07, 6.45) is 0.899. The Kier molecular flexibility index (Phi) is 4.50. The minimum Gasteiger partial charge on any atom is -0.369 e. The molecule has 0 radical (unpaired) electrons. The first-order valence-corrected chi connectivity index (χ1v) is 7.84. The monoisotopic (exact) mass is 374 g/mol. The molecule has 18 heavy (non-hydrogen) atoms. The van der Waals surface area contributed by atoms with E-state index in [0.717, 1.165) is 44.6 Å². The van der Waals surface area contributed by atoms with Crippen molar-refractivity contribution in [3.63, 3.8) is 0 Å². The molecule has 0 bridgehead atoms. The summed E-state index contributed by atoms with van der Waals surface area (Å²) >= 11 is 3.89. The van der Waals surface area contributed by atoms with Crippen molar-refractivity contribution in [3.8, 4) is 10.8 Å². The molecule has 96 valence electrons.